The monoisotopic (exact) mass is 634 g/mol. The first-order chi connectivity index (χ1) is 20.8. The molecule has 1 fully saturated rings. The molecule has 2 atom stereocenters. The number of carbonyl (C=O) groups excluding carboxylic acids is 2. The molecule has 7 heterocycles. The number of pyridine rings is 1. The van der Waals surface area contributed by atoms with Crippen molar-refractivity contribution in [1.29, 1.82) is 0 Å². The third-order valence-corrected chi connectivity index (χ3v) is 8.55. The topological polar surface area (TPSA) is 122 Å². The Balaban J connectivity index is 1.37. The molecule has 16 heteroatoms. The van der Waals surface area contributed by atoms with Gasteiger partial charge in [0, 0.05) is 49.0 Å². The van der Waals surface area contributed by atoms with E-state index in [1.54, 1.807) is 30.6 Å². The molecule has 0 aliphatic carbocycles. The fraction of sp³-hybridized carbons (Fsp3) is 0.429. The lowest BCUT2D eigenvalue weighted by Crippen LogP contribution is -2.56. The largest absolute Gasteiger partial charge is 0.447 e. The minimum Gasteiger partial charge on any atom is -0.378 e. The molecule has 2 unspecified atom stereocenters. The molecule has 0 saturated carbocycles. The van der Waals surface area contributed by atoms with Gasteiger partial charge in [0.15, 0.2) is 0 Å². The lowest BCUT2D eigenvalue weighted by Gasteiger charge is -2.37. The normalized spacial score (nSPS) is 21.3. The van der Waals surface area contributed by atoms with Gasteiger partial charge in [-0.1, -0.05) is 5.16 Å². The molecule has 0 aromatic carbocycles. The van der Waals surface area contributed by atoms with Crippen molar-refractivity contribution in [2.24, 2.45) is 0 Å². The van der Waals surface area contributed by atoms with Crippen molar-refractivity contribution >= 4 is 34.9 Å². The van der Waals surface area contributed by atoms with Crippen LogP contribution in [-0.4, -0.2) is 72.3 Å². The van der Waals surface area contributed by atoms with Crippen LogP contribution in [0.5, 0.6) is 0 Å². The van der Waals surface area contributed by atoms with Crippen molar-refractivity contribution in [2.45, 2.75) is 68.1 Å². The van der Waals surface area contributed by atoms with Crippen LogP contribution in [0, 0.1) is 0 Å². The number of fused-ring (bicyclic) bond motifs is 8. The third-order valence-electron chi connectivity index (χ3n) is 7.71. The van der Waals surface area contributed by atoms with Crippen molar-refractivity contribution in [2.75, 3.05) is 18.4 Å². The Morgan fingerprint density at radius 1 is 1.16 bits per heavy atom. The molecule has 0 spiro atoms. The number of nitrogens with one attached hydrogen (secondary N) is 3. The predicted octanol–water partition coefficient (Wildman–Crippen LogP) is 5.05. The summed E-state index contributed by atoms with van der Waals surface area (Å²) in [7, 11) is 0. The summed E-state index contributed by atoms with van der Waals surface area (Å²) in [5.74, 6) is -0.491. The number of piperidine rings is 1. The SMILES string of the molecule is CC1(C)CCn2ccc(c2)C(=O)NCc2nc(no2)-c2cc3c(cccn3c2SC(F)(F)F)NC2CCN(CC2F)C(=O)N1. The van der Waals surface area contributed by atoms with Gasteiger partial charge in [0.05, 0.1) is 46.5 Å². The number of anilines is 1. The van der Waals surface area contributed by atoms with Crippen molar-refractivity contribution in [3.8, 4) is 11.4 Å². The number of halogens is 4. The van der Waals surface area contributed by atoms with E-state index in [1.165, 1.54) is 21.6 Å². The van der Waals surface area contributed by atoms with Crippen LogP contribution in [0.3, 0.4) is 0 Å². The Labute approximate surface area is 253 Å². The van der Waals surface area contributed by atoms with Crippen LogP contribution in [-0.2, 0) is 13.1 Å². The zero-order valence-electron chi connectivity index (χ0n) is 23.8. The van der Waals surface area contributed by atoms with Crippen LogP contribution in [0.2, 0.25) is 0 Å². The summed E-state index contributed by atoms with van der Waals surface area (Å²) in [6, 6.07) is 5.28. The second-order valence-electron chi connectivity index (χ2n) is 11.5. The summed E-state index contributed by atoms with van der Waals surface area (Å²) < 4.78 is 65.0. The molecule has 3 aliphatic rings. The zero-order valence-corrected chi connectivity index (χ0v) is 24.6. The molecule has 8 bridgehead atoms. The molecule has 44 heavy (non-hydrogen) atoms. The summed E-state index contributed by atoms with van der Waals surface area (Å²) in [5.41, 5.74) is -4.04. The summed E-state index contributed by atoms with van der Waals surface area (Å²) in [4.78, 5) is 31.5. The molecule has 234 valence electrons. The van der Waals surface area contributed by atoms with E-state index in [0.717, 1.165) is 0 Å². The number of aryl methyl sites for hydroxylation is 1. The Hall–Kier alpha value is -4.21. The summed E-state index contributed by atoms with van der Waals surface area (Å²) in [6.45, 7) is 4.25. The van der Waals surface area contributed by atoms with Gasteiger partial charge in [-0.05, 0) is 51.0 Å². The number of amides is 3. The highest BCUT2D eigenvalue weighted by Crippen LogP contribution is 2.44. The van der Waals surface area contributed by atoms with Crippen LogP contribution in [0.4, 0.5) is 28.0 Å². The molecule has 0 radical (unpaired) electrons. The second-order valence-corrected chi connectivity index (χ2v) is 12.5. The molecule has 11 nitrogen and oxygen atoms in total. The molecular weight excluding hydrogens is 604 g/mol. The lowest BCUT2D eigenvalue weighted by molar-refractivity contribution is -0.0329. The molecule has 3 aliphatic heterocycles. The second kappa shape index (κ2) is 11.4. The molecular formula is C28H30F4N8O3S. The van der Waals surface area contributed by atoms with Crippen molar-refractivity contribution in [3.05, 3.63) is 54.3 Å². The number of alkyl halides is 4. The average Bonchev–Trinajstić information content (AvgIpc) is 3.70. The minimum atomic E-state index is -4.63. The van der Waals surface area contributed by atoms with Gasteiger partial charge >= 0.3 is 11.5 Å². The Morgan fingerprint density at radius 3 is 2.75 bits per heavy atom. The van der Waals surface area contributed by atoms with Crippen LogP contribution in [0.15, 0.2) is 52.4 Å². The van der Waals surface area contributed by atoms with Crippen LogP contribution in [0.1, 0.15) is 42.9 Å². The Bertz CT molecular complexity index is 1700. The Kier molecular flexibility index (Phi) is 7.71. The van der Waals surface area contributed by atoms with Gasteiger partial charge in [0.1, 0.15) is 6.17 Å². The fourth-order valence-electron chi connectivity index (χ4n) is 5.37. The maximum atomic E-state index is 15.5. The highest BCUT2D eigenvalue weighted by molar-refractivity contribution is 8.00. The predicted molar refractivity (Wildman–Crippen MR) is 154 cm³/mol. The molecule has 4 aromatic rings. The molecule has 3 amide bonds. The van der Waals surface area contributed by atoms with E-state index < -0.39 is 29.2 Å². The van der Waals surface area contributed by atoms with E-state index >= 15 is 4.39 Å². The maximum Gasteiger partial charge on any atom is 0.447 e. The van der Waals surface area contributed by atoms with E-state index in [0.29, 0.717) is 29.7 Å². The number of aromatic nitrogens is 4. The molecule has 3 N–H and O–H groups in total. The zero-order chi connectivity index (χ0) is 31.2. The van der Waals surface area contributed by atoms with Gasteiger partial charge in [0.25, 0.3) is 5.91 Å². The van der Waals surface area contributed by atoms with Gasteiger partial charge < -0.3 is 34.3 Å². The summed E-state index contributed by atoms with van der Waals surface area (Å²) >= 11 is -0.330. The van der Waals surface area contributed by atoms with Gasteiger partial charge in [-0.15, -0.1) is 0 Å². The minimum absolute atomic E-state index is 0.00672. The van der Waals surface area contributed by atoms with Crippen molar-refractivity contribution in [1.82, 2.24) is 34.6 Å². The average molecular weight is 635 g/mol. The van der Waals surface area contributed by atoms with Gasteiger partial charge in [-0.25, -0.2) is 9.18 Å². The number of nitrogens with zero attached hydrogens (tertiary/aromatic N) is 5. The van der Waals surface area contributed by atoms with Crippen LogP contribution in [0.25, 0.3) is 16.9 Å². The van der Waals surface area contributed by atoms with E-state index in [2.05, 4.69) is 26.1 Å². The summed E-state index contributed by atoms with van der Waals surface area (Å²) in [5, 5.41) is 12.5. The van der Waals surface area contributed by atoms with E-state index in [-0.39, 0.29) is 66.2 Å². The van der Waals surface area contributed by atoms with Gasteiger partial charge in [-0.2, -0.15) is 18.2 Å². The first-order valence-electron chi connectivity index (χ1n) is 14.0. The highest BCUT2D eigenvalue weighted by Gasteiger charge is 2.36. The van der Waals surface area contributed by atoms with E-state index in [4.69, 9.17) is 4.52 Å². The lowest BCUT2D eigenvalue weighted by atomic mass is 10.00. The number of thioether (sulfide) groups is 1. The number of carbonyl (C=O) groups is 2. The molecule has 1 saturated heterocycles. The molecule has 7 rings (SSSR count). The van der Waals surface area contributed by atoms with Gasteiger partial charge in [0.2, 0.25) is 11.7 Å². The summed E-state index contributed by atoms with van der Waals surface area (Å²) in [6.07, 6.45) is 4.28. The van der Waals surface area contributed by atoms with E-state index in [9.17, 15) is 22.8 Å². The smallest absolute Gasteiger partial charge is 0.378 e. The first-order valence-corrected chi connectivity index (χ1v) is 14.8. The fourth-order valence-corrected chi connectivity index (χ4v) is 6.11. The third kappa shape index (κ3) is 6.34. The van der Waals surface area contributed by atoms with Crippen LogP contribution < -0.4 is 16.0 Å². The quantitative estimate of drug-likeness (QED) is 0.198. The Morgan fingerprint density at radius 2 is 1.98 bits per heavy atom. The number of urea groups is 1. The number of hydrogen-bond acceptors (Lipinski definition) is 7. The van der Waals surface area contributed by atoms with Crippen molar-refractivity contribution < 1.29 is 31.7 Å². The standard InChI is InChI=1S/C28H30F4N8O3S/c1-27(2)7-11-38-9-5-16(14-38)24(41)33-13-22-35-23(37-43-22)17-12-21-20(4-3-8-40(21)25(17)44-28(30,31)32)34-19-6-10-39(15-18(19)29)26(42)36-27/h3-5,8-9,12,14,18-19,34H,6-7,10-11,13,15H2,1-2H3,(H,33,41)(H,36,42). The number of hydrogen-bond donors (Lipinski definition) is 3. The highest BCUT2D eigenvalue weighted by atomic mass is 32.2. The van der Waals surface area contributed by atoms with Crippen LogP contribution >= 0.6 is 11.8 Å². The molecule has 4 aromatic heterocycles. The van der Waals surface area contributed by atoms with Gasteiger partial charge in [-0.3, -0.25) is 4.79 Å². The van der Waals surface area contributed by atoms with Crippen molar-refractivity contribution in [3.63, 3.8) is 0 Å². The number of rotatable bonds is 1. The first kappa shape index (κ1) is 29.8. The maximum absolute atomic E-state index is 15.5. The van der Waals surface area contributed by atoms with E-state index in [1.807, 2.05) is 18.4 Å².